The van der Waals surface area contributed by atoms with Crippen molar-refractivity contribution in [2.75, 3.05) is 23.8 Å². The van der Waals surface area contributed by atoms with Gasteiger partial charge in [-0.3, -0.25) is 10.3 Å². The van der Waals surface area contributed by atoms with E-state index in [1.807, 2.05) is 6.07 Å². The van der Waals surface area contributed by atoms with Crippen molar-refractivity contribution in [3.63, 3.8) is 0 Å². The summed E-state index contributed by atoms with van der Waals surface area (Å²) in [7, 11) is 0. The molecule has 6 heteroatoms. The van der Waals surface area contributed by atoms with E-state index >= 15 is 0 Å². The Morgan fingerprint density at radius 3 is 3.00 bits per heavy atom. The number of hydrazine groups is 1. The zero-order valence-corrected chi connectivity index (χ0v) is 9.76. The van der Waals surface area contributed by atoms with Gasteiger partial charge in [0.25, 0.3) is 0 Å². The molecule has 92 valence electrons. The minimum absolute atomic E-state index is 0.451. The van der Waals surface area contributed by atoms with Crippen LogP contribution in [0.2, 0.25) is 0 Å². The Labute approximate surface area is 101 Å². The van der Waals surface area contributed by atoms with Gasteiger partial charge in [-0.05, 0) is 25.3 Å². The molecular weight excluding hydrogens is 216 g/mol. The van der Waals surface area contributed by atoms with Gasteiger partial charge in [0, 0.05) is 31.4 Å². The SMILES string of the molecule is NNc1nccc(NC2CCN(C3CC3)C2)n1. The number of nitrogens with two attached hydrogens (primary N) is 1. The molecule has 1 aliphatic carbocycles. The summed E-state index contributed by atoms with van der Waals surface area (Å²) in [5.74, 6) is 6.58. The van der Waals surface area contributed by atoms with Gasteiger partial charge in [0.2, 0.25) is 5.95 Å². The molecule has 17 heavy (non-hydrogen) atoms. The summed E-state index contributed by atoms with van der Waals surface area (Å²) in [6.45, 7) is 2.33. The number of hydrogen-bond acceptors (Lipinski definition) is 6. The molecule has 1 saturated heterocycles. The van der Waals surface area contributed by atoms with Gasteiger partial charge in [-0.25, -0.2) is 10.8 Å². The molecular formula is C11H18N6. The van der Waals surface area contributed by atoms with E-state index in [9.17, 15) is 0 Å². The van der Waals surface area contributed by atoms with Crippen LogP contribution < -0.4 is 16.6 Å². The summed E-state index contributed by atoms with van der Waals surface area (Å²) in [4.78, 5) is 10.8. The molecule has 2 fully saturated rings. The molecule has 2 aliphatic rings. The van der Waals surface area contributed by atoms with Crippen molar-refractivity contribution >= 4 is 11.8 Å². The second-order valence-corrected chi connectivity index (χ2v) is 4.77. The summed E-state index contributed by atoms with van der Waals surface area (Å²) in [6, 6.07) is 3.23. The van der Waals surface area contributed by atoms with E-state index in [-0.39, 0.29) is 0 Å². The van der Waals surface area contributed by atoms with Crippen LogP contribution in [0, 0.1) is 0 Å². The summed E-state index contributed by atoms with van der Waals surface area (Å²) in [5, 5.41) is 3.44. The van der Waals surface area contributed by atoms with Crippen LogP contribution in [-0.2, 0) is 0 Å². The normalized spacial score (nSPS) is 24.9. The van der Waals surface area contributed by atoms with Gasteiger partial charge in [0.1, 0.15) is 5.82 Å². The van der Waals surface area contributed by atoms with Crippen molar-refractivity contribution in [1.82, 2.24) is 14.9 Å². The average molecular weight is 234 g/mol. The number of nitrogens with one attached hydrogen (secondary N) is 2. The molecule has 1 aromatic heterocycles. The number of nitrogen functional groups attached to an aromatic ring is 1. The van der Waals surface area contributed by atoms with Crippen molar-refractivity contribution < 1.29 is 0 Å². The highest BCUT2D eigenvalue weighted by atomic mass is 15.3. The largest absolute Gasteiger partial charge is 0.366 e. The van der Waals surface area contributed by atoms with Gasteiger partial charge in [0.05, 0.1) is 0 Å². The van der Waals surface area contributed by atoms with Crippen LogP contribution in [-0.4, -0.2) is 40.0 Å². The van der Waals surface area contributed by atoms with Gasteiger partial charge < -0.3 is 5.32 Å². The first kappa shape index (κ1) is 10.7. The standard InChI is InChI=1S/C11H18N6/c12-16-11-13-5-3-10(15-11)14-8-4-6-17(7-8)9-1-2-9/h3,5,8-9H,1-2,4,6-7,12H2,(H2,13,14,15,16). The van der Waals surface area contributed by atoms with Gasteiger partial charge in [-0.15, -0.1) is 0 Å². The summed E-state index contributed by atoms with van der Waals surface area (Å²) in [5.41, 5.74) is 2.46. The number of aromatic nitrogens is 2. The van der Waals surface area contributed by atoms with Crippen molar-refractivity contribution in [3.8, 4) is 0 Å². The third kappa shape index (κ3) is 2.48. The smallest absolute Gasteiger partial charge is 0.239 e. The lowest BCUT2D eigenvalue weighted by atomic mass is 10.2. The van der Waals surface area contributed by atoms with E-state index in [4.69, 9.17) is 5.84 Å². The topological polar surface area (TPSA) is 79.1 Å². The molecule has 3 rings (SSSR count). The van der Waals surface area contributed by atoms with Crippen LogP contribution in [0.15, 0.2) is 12.3 Å². The van der Waals surface area contributed by atoms with Gasteiger partial charge in [-0.1, -0.05) is 0 Å². The Kier molecular flexibility index (Phi) is 2.82. The van der Waals surface area contributed by atoms with E-state index in [1.165, 1.54) is 25.8 Å². The first-order valence-corrected chi connectivity index (χ1v) is 6.15. The van der Waals surface area contributed by atoms with Crippen molar-refractivity contribution in [1.29, 1.82) is 0 Å². The Balaban J connectivity index is 1.59. The van der Waals surface area contributed by atoms with Gasteiger partial charge in [-0.2, -0.15) is 4.98 Å². The fourth-order valence-corrected chi connectivity index (χ4v) is 2.39. The molecule has 0 bridgehead atoms. The third-order valence-corrected chi connectivity index (χ3v) is 3.42. The molecule has 1 saturated carbocycles. The Bertz CT molecular complexity index is 391. The van der Waals surface area contributed by atoms with E-state index in [0.29, 0.717) is 12.0 Å². The fraction of sp³-hybridized carbons (Fsp3) is 0.636. The van der Waals surface area contributed by atoms with Crippen LogP contribution >= 0.6 is 0 Å². The van der Waals surface area contributed by atoms with Crippen molar-refractivity contribution in [2.24, 2.45) is 5.84 Å². The van der Waals surface area contributed by atoms with Crippen molar-refractivity contribution in [3.05, 3.63) is 12.3 Å². The highest BCUT2D eigenvalue weighted by molar-refractivity contribution is 5.40. The van der Waals surface area contributed by atoms with Crippen LogP contribution in [0.3, 0.4) is 0 Å². The number of rotatable bonds is 4. The van der Waals surface area contributed by atoms with Crippen LogP contribution in [0.25, 0.3) is 0 Å². The highest BCUT2D eigenvalue weighted by Gasteiger charge is 2.34. The van der Waals surface area contributed by atoms with Crippen molar-refractivity contribution in [2.45, 2.75) is 31.3 Å². The first-order chi connectivity index (χ1) is 8.35. The molecule has 1 aromatic rings. The maximum atomic E-state index is 5.29. The minimum Gasteiger partial charge on any atom is -0.366 e. The maximum Gasteiger partial charge on any atom is 0.239 e. The molecule has 0 aromatic carbocycles. The molecule has 4 N–H and O–H groups in total. The molecule has 0 amide bonds. The zero-order chi connectivity index (χ0) is 11.7. The molecule has 1 unspecified atom stereocenters. The number of hydrogen-bond donors (Lipinski definition) is 3. The Morgan fingerprint density at radius 1 is 1.35 bits per heavy atom. The van der Waals surface area contributed by atoms with E-state index in [1.54, 1.807) is 6.20 Å². The monoisotopic (exact) mass is 234 g/mol. The van der Waals surface area contributed by atoms with Crippen LogP contribution in [0.5, 0.6) is 0 Å². The van der Waals surface area contributed by atoms with Crippen LogP contribution in [0.4, 0.5) is 11.8 Å². The molecule has 2 heterocycles. The number of nitrogens with zero attached hydrogens (tertiary/aromatic N) is 3. The molecule has 0 spiro atoms. The van der Waals surface area contributed by atoms with Gasteiger partial charge in [0.15, 0.2) is 0 Å². The lowest BCUT2D eigenvalue weighted by molar-refractivity contribution is 0.326. The minimum atomic E-state index is 0.451. The zero-order valence-electron chi connectivity index (χ0n) is 9.76. The van der Waals surface area contributed by atoms with E-state index in [0.717, 1.165) is 18.4 Å². The molecule has 0 radical (unpaired) electrons. The lowest BCUT2D eigenvalue weighted by Crippen LogP contribution is -2.28. The van der Waals surface area contributed by atoms with E-state index < -0.39 is 0 Å². The first-order valence-electron chi connectivity index (χ1n) is 6.15. The Hall–Kier alpha value is -1.40. The maximum absolute atomic E-state index is 5.29. The van der Waals surface area contributed by atoms with Gasteiger partial charge >= 0.3 is 0 Å². The molecule has 6 nitrogen and oxygen atoms in total. The predicted molar refractivity (Wildman–Crippen MR) is 66.5 cm³/mol. The fourth-order valence-electron chi connectivity index (χ4n) is 2.39. The molecule has 1 aliphatic heterocycles. The second kappa shape index (κ2) is 4.46. The summed E-state index contributed by atoms with van der Waals surface area (Å²) in [6.07, 6.45) is 5.65. The Morgan fingerprint density at radius 2 is 2.24 bits per heavy atom. The average Bonchev–Trinajstić information content (AvgIpc) is 3.11. The predicted octanol–water partition coefficient (Wildman–Crippen LogP) is 0.411. The lowest BCUT2D eigenvalue weighted by Gasteiger charge is -2.16. The summed E-state index contributed by atoms with van der Waals surface area (Å²) < 4.78 is 0. The van der Waals surface area contributed by atoms with Crippen LogP contribution in [0.1, 0.15) is 19.3 Å². The summed E-state index contributed by atoms with van der Waals surface area (Å²) >= 11 is 0. The highest BCUT2D eigenvalue weighted by Crippen LogP contribution is 2.30. The quantitative estimate of drug-likeness (QED) is 0.517. The number of likely N-dealkylation sites (tertiary alicyclic amines) is 1. The second-order valence-electron chi connectivity index (χ2n) is 4.77. The third-order valence-electron chi connectivity index (χ3n) is 3.42. The number of anilines is 2. The molecule has 1 atom stereocenters. The van der Waals surface area contributed by atoms with E-state index in [2.05, 4.69) is 25.6 Å².